The number of hydrogen-bond donors (Lipinski definition) is 21. The molecular weight excluding hydrogens is 1920 g/mol. The van der Waals surface area contributed by atoms with E-state index in [2.05, 4.69) is 63.4 Å². The van der Waals surface area contributed by atoms with Crippen molar-refractivity contribution in [2.45, 2.75) is 181 Å². The Labute approximate surface area is 777 Å². The molecule has 27 N–H and O–H groups in total. The predicted molar refractivity (Wildman–Crippen MR) is 508 cm³/mol. The molecule has 131 heavy (non-hydrogen) atoms. The monoisotopic (exact) mass is 2030 g/mol. The van der Waals surface area contributed by atoms with Crippen molar-refractivity contribution in [2.24, 2.45) is 30.8 Å². The molecule has 39 nitrogen and oxygen atoms in total. The summed E-state index contributed by atoms with van der Waals surface area (Å²) in [6.07, 6.45) is 18.7. The first-order valence-electron chi connectivity index (χ1n) is 40.8. The van der Waals surface area contributed by atoms with Crippen LogP contribution in [-0.4, -0.2) is 174 Å². The van der Waals surface area contributed by atoms with Crippen LogP contribution >= 0.6 is 27.5 Å². The van der Waals surface area contributed by atoms with Gasteiger partial charge in [-0.3, -0.25) is 0 Å². The molecule has 726 valence electrons. The maximum Gasteiger partial charge on any atom is 0.335 e. The van der Waals surface area contributed by atoms with Crippen LogP contribution < -0.4 is 73.4 Å². The van der Waals surface area contributed by atoms with Crippen LogP contribution in [0.2, 0.25) is 5.02 Å². The fourth-order valence-corrected chi connectivity index (χ4v) is 17.0. The van der Waals surface area contributed by atoms with Gasteiger partial charge in [-0.1, -0.05) is 116 Å². The van der Waals surface area contributed by atoms with Gasteiger partial charge >= 0.3 is 35.8 Å². The summed E-state index contributed by atoms with van der Waals surface area (Å²) in [6.45, 7) is 21.1. The second-order valence-corrected chi connectivity index (χ2v) is 39.0. The predicted octanol–water partition coefficient (Wildman–Crippen LogP) is 13.2. The van der Waals surface area contributed by atoms with Crippen LogP contribution in [-0.2, 0) is 60.1 Å². The van der Waals surface area contributed by atoms with Gasteiger partial charge in [-0.15, -0.1) is 0 Å². The van der Waals surface area contributed by atoms with Crippen molar-refractivity contribution in [2.75, 3.05) is 89.6 Å². The van der Waals surface area contributed by atoms with E-state index < -0.39 is 112 Å². The number of carbonyl (C=O) groups is 6. The highest BCUT2D eigenvalue weighted by atomic mass is 79.9. The summed E-state index contributed by atoms with van der Waals surface area (Å²) in [5.74, 6) is -8.50. The number of carboxylic acids is 6. The molecule has 0 aliphatic carbocycles. The molecule has 1 aliphatic heterocycles. The van der Waals surface area contributed by atoms with Gasteiger partial charge in [-0.05, 0) is 202 Å². The molecule has 0 bridgehead atoms. The number of unbranched alkanes of at least 4 members (excludes halogenated alkanes) is 6. The van der Waals surface area contributed by atoms with Crippen molar-refractivity contribution in [3.8, 4) is 0 Å². The average Bonchev–Trinajstić information content (AvgIpc) is 0.922. The maximum absolute atomic E-state index is 13.9. The number of aromatic carboxylic acids is 6. The second-order valence-electron chi connectivity index (χ2n) is 28.7. The lowest BCUT2D eigenvalue weighted by atomic mass is 10.1. The number of nitrogens with two attached hydrogens (primary N) is 6. The minimum Gasteiger partial charge on any atom is -0.478 e. The van der Waals surface area contributed by atoms with Crippen LogP contribution in [0.15, 0.2) is 162 Å². The zero-order valence-corrected chi connectivity index (χ0v) is 80.7. The van der Waals surface area contributed by atoms with E-state index in [0.29, 0.717) is 84.9 Å². The van der Waals surface area contributed by atoms with Crippen LogP contribution in [0.25, 0.3) is 0 Å². The van der Waals surface area contributed by atoms with Crippen LogP contribution in [0.1, 0.15) is 211 Å². The number of sulfonamides is 6. The molecule has 48 heteroatoms. The zero-order chi connectivity index (χ0) is 99.4. The summed E-state index contributed by atoms with van der Waals surface area (Å²) < 4.78 is 152. The van der Waals surface area contributed by atoms with Crippen molar-refractivity contribution in [1.82, 2.24) is 10.3 Å². The standard InChI is InChI=1S/C17H21N3O4S.2C12H18N2O4S.C11H15BrN2O4S.C11H15ClN2O4S.C11H15FN2O4S.C5H11N.C4H5N/c1-2-3-9-19-14-10-12(17(21)22)11-15(25(18,23)24)16(14)20-13-7-5-4-6-8-13;2*1-3-4-5-14-10-6-9(12(15)16)7-11(8(10)2)19(13,17)18;3*1-2-3-4-14-8-5-7(11(15)16)6-9(10(8)12)19(13,17)18;1-2-4-6-5-3-1;1-2-4-5-3-1/h4-8,10-11,19-20H,2-3,9H2,1H3,(H,21,22)(H2,18,23,24);2*6-7,14H,3-5H2,1-2H3,(H,15,16)(H2,13,17,18);3*5-6,14H,2-4H2,1H3,(H,15,16)(H2,13,17,18);6H,1-5H2;1-5H. The lowest BCUT2D eigenvalue weighted by Gasteiger charge is -2.18. The van der Waals surface area contributed by atoms with Crippen molar-refractivity contribution < 1.29 is 114 Å². The van der Waals surface area contributed by atoms with Gasteiger partial charge in [0.15, 0.2) is 5.82 Å². The highest BCUT2D eigenvalue weighted by Gasteiger charge is 2.27. The van der Waals surface area contributed by atoms with Crippen LogP contribution in [0.5, 0.6) is 0 Å². The number of anilines is 8. The number of carboxylic acid groups (broad SMARTS) is 6. The van der Waals surface area contributed by atoms with Crippen molar-refractivity contribution in [3.05, 3.63) is 187 Å². The zero-order valence-electron chi connectivity index (χ0n) is 73.5. The molecule has 8 aromatic rings. The molecule has 0 amide bonds. The molecule has 7 aromatic carbocycles. The molecule has 0 spiro atoms. The van der Waals surface area contributed by atoms with E-state index >= 15 is 0 Å². The minimum absolute atomic E-state index is 0.0939. The largest absolute Gasteiger partial charge is 0.478 e. The molecule has 2 heterocycles. The van der Waals surface area contributed by atoms with Crippen molar-refractivity contribution >= 4 is 169 Å². The van der Waals surface area contributed by atoms with Crippen molar-refractivity contribution in [1.29, 1.82) is 0 Å². The van der Waals surface area contributed by atoms with E-state index in [1.807, 2.05) is 72.1 Å². The van der Waals surface area contributed by atoms with Crippen LogP contribution in [0.3, 0.4) is 0 Å². The minimum atomic E-state index is -4.32. The SMILES string of the molecule is C1CCNCC1.CCCCNc1cc(C(=O)O)cc(S(N)(=O)=O)c1Br.CCCCNc1cc(C(=O)O)cc(S(N)(=O)=O)c1C.CCCCNc1cc(C(=O)O)cc(S(N)(=O)=O)c1C.CCCCNc1cc(C(=O)O)cc(S(N)(=O)=O)c1Cl.CCCCNc1cc(C(=O)O)cc(S(N)(=O)=O)c1F.CCCCNc1cc(C(=O)O)cc(S(N)(=O)=O)c1Nc1ccccc1.c1cc[nH]c1. The van der Waals surface area contributed by atoms with Crippen molar-refractivity contribution in [3.63, 3.8) is 0 Å². The number of para-hydroxylation sites is 1. The van der Waals surface area contributed by atoms with E-state index in [0.717, 1.165) is 113 Å². The Hall–Kier alpha value is -10.6. The number of aromatic nitrogens is 1. The Morgan fingerprint density at radius 3 is 0.947 bits per heavy atom. The van der Waals surface area contributed by atoms with Gasteiger partial charge in [-0.2, -0.15) is 0 Å². The van der Waals surface area contributed by atoms with E-state index in [9.17, 15) is 88.8 Å². The summed E-state index contributed by atoms with van der Waals surface area (Å²) in [4.78, 5) is 67.0. The first-order valence-corrected chi connectivity index (χ1v) is 51.2. The second kappa shape index (κ2) is 56.9. The van der Waals surface area contributed by atoms with Gasteiger partial charge in [0.05, 0.1) is 86.0 Å². The molecule has 0 radical (unpaired) electrons. The number of piperidine rings is 1. The van der Waals surface area contributed by atoms with E-state index in [1.165, 1.54) is 62.7 Å². The number of aromatic amines is 1. The number of primary sulfonamides is 6. The van der Waals surface area contributed by atoms with Crippen LogP contribution in [0, 0.1) is 19.7 Å². The Morgan fingerprint density at radius 1 is 0.366 bits per heavy atom. The van der Waals surface area contributed by atoms with Gasteiger partial charge in [0.25, 0.3) is 0 Å². The first-order chi connectivity index (χ1) is 61.2. The van der Waals surface area contributed by atoms with E-state index in [-0.39, 0.29) is 79.5 Å². The van der Waals surface area contributed by atoms with Gasteiger partial charge in [0.2, 0.25) is 60.1 Å². The summed E-state index contributed by atoms with van der Waals surface area (Å²) in [5.41, 5.74) is 2.55. The first kappa shape index (κ1) is 116. The Bertz CT molecular complexity index is 5240. The normalized spacial score (nSPS) is 11.7. The Morgan fingerprint density at radius 2 is 0.641 bits per heavy atom. The van der Waals surface area contributed by atoms with E-state index in [1.54, 1.807) is 38.1 Å². The number of halogens is 3. The molecule has 1 saturated heterocycles. The third-order valence-corrected chi connectivity index (χ3v) is 25.5. The Kier molecular flexibility index (Phi) is 50.6. The quantitative estimate of drug-likeness (QED) is 0.0160. The number of nitrogens with one attached hydrogen (secondary N) is 9. The molecule has 1 aromatic heterocycles. The smallest absolute Gasteiger partial charge is 0.335 e. The summed E-state index contributed by atoms with van der Waals surface area (Å²) in [5, 5.41) is 109. The maximum atomic E-state index is 13.9. The van der Waals surface area contributed by atoms with E-state index in [4.69, 9.17) is 68.0 Å². The number of rotatable bonds is 38. The molecule has 0 saturated carbocycles. The molecule has 0 unspecified atom stereocenters. The lowest BCUT2D eigenvalue weighted by molar-refractivity contribution is 0.0685. The van der Waals surface area contributed by atoms with Gasteiger partial charge in [0, 0.05) is 68.7 Å². The third kappa shape index (κ3) is 41.8. The third-order valence-electron chi connectivity index (χ3n) is 18.1. The average molecular weight is 2040 g/mol. The fraction of sp³-hybridized carbons (Fsp3) is 0.373. The molecular formula is C83H118BrClFN15O24S6. The van der Waals surface area contributed by atoms with Gasteiger partial charge in [-0.25, -0.2) is 114 Å². The fourth-order valence-electron chi connectivity index (χ4n) is 11.1. The molecule has 9 rings (SSSR count). The number of benzene rings is 7. The highest BCUT2D eigenvalue weighted by Crippen LogP contribution is 2.37. The number of hydrogen-bond acceptors (Lipinski definition) is 26. The highest BCUT2D eigenvalue weighted by molar-refractivity contribution is 9.10. The van der Waals surface area contributed by atoms with Gasteiger partial charge < -0.3 is 78.2 Å². The summed E-state index contributed by atoms with van der Waals surface area (Å²) >= 11 is 9.07. The van der Waals surface area contributed by atoms with Crippen LogP contribution in [0.4, 0.5) is 49.9 Å². The molecule has 0 atom stereocenters. The number of H-pyrrole nitrogens is 1. The molecule has 1 aliphatic rings. The molecule has 1 fully saturated rings. The van der Waals surface area contributed by atoms with Gasteiger partial charge in [0.1, 0.15) is 14.7 Å². The summed E-state index contributed by atoms with van der Waals surface area (Å²) in [7, 11) is -24.4. The summed E-state index contributed by atoms with van der Waals surface area (Å²) in [6, 6.07) is 26.7. The topological polar surface area (TPSA) is 697 Å². The Balaban J connectivity index is 0.000000520. The lowest BCUT2D eigenvalue weighted by Crippen LogP contribution is -2.21.